The van der Waals surface area contributed by atoms with E-state index < -0.39 is 29.4 Å². The van der Waals surface area contributed by atoms with Crippen LogP contribution in [0.15, 0.2) is 0 Å². The Bertz CT molecular complexity index is 780. The Morgan fingerprint density at radius 1 is 0.872 bits per heavy atom. The third kappa shape index (κ3) is 14.8. The quantitative estimate of drug-likeness (QED) is 0.485. The summed E-state index contributed by atoms with van der Waals surface area (Å²) in [6, 6.07) is 0.0463. The Morgan fingerprint density at radius 2 is 1.36 bits per heavy atom. The minimum atomic E-state index is -1.06. The summed E-state index contributed by atoms with van der Waals surface area (Å²) in [5.41, 5.74) is -1.08. The van der Waals surface area contributed by atoms with Gasteiger partial charge in [-0.15, -0.1) is 0 Å². The highest BCUT2D eigenvalue weighted by atomic mass is 16.6. The first kappa shape index (κ1) is 34.9. The van der Waals surface area contributed by atoms with Gasteiger partial charge in [0.05, 0.1) is 51.1 Å². The van der Waals surface area contributed by atoms with Crippen LogP contribution in [0.25, 0.3) is 0 Å². The van der Waals surface area contributed by atoms with E-state index in [4.69, 9.17) is 41.7 Å². The van der Waals surface area contributed by atoms with Gasteiger partial charge in [0.1, 0.15) is 19.0 Å². The van der Waals surface area contributed by atoms with Crippen LogP contribution in [0.2, 0.25) is 0 Å². The van der Waals surface area contributed by atoms with Crippen molar-refractivity contribution in [1.29, 1.82) is 0 Å². The summed E-state index contributed by atoms with van der Waals surface area (Å²) < 4.78 is 26.0. The molecule has 2 amide bonds. The molecule has 3 fully saturated rings. The Labute approximate surface area is 233 Å². The standard InChI is InChI=1S/C11H19NO5.C11H21NO4.C4H7BO/c1-7-5-12(6-8(16-7)9(13)14)10(15)17-11(2,3)4;1-8-5-12(6-9(7-13)15-8)10(14)16-11(2,3)4;5-4-2-1-3-6-4/h7-8H,5-6H2,1-4H3,(H,13,14);8-9,13H,5-7H2,1-4H3;4H,1-3H2/t7-,8-;8-,9-;/m00./s1. The van der Waals surface area contributed by atoms with E-state index >= 15 is 0 Å². The van der Waals surface area contributed by atoms with Gasteiger partial charge in [-0.2, -0.15) is 0 Å². The zero-order chi connectivity index (χ0) is 30.0. The lowest BCUT2D eigenvalue weighted by atomic mass is 9.98. The number of hydrogen-bond donors (Lipinski definition) is 2. The summed E-state index contributed by atoms with van der Waals surface area (Å²) >= 11 is 0. The van der Waals surface area contributed by atoms with Gasteiger partial charge in [0, 0.05) is 12.6 Å². The molecule has 0 aromatic heterocycles. The average molecular weight is 558 g/mol. The molecule has 2 N–H and O–H groups in total. The first-order valence-corrected chi connectivity index (χ1v) is 13.4. The Morgan fingerprint density at radius 3 is 1.72 bits per heavy atom. The van der Waals surface area contributed by atoms with E-state index in [1.807, 2.05) is 27.7 Å². The van der Waals surface area contributed by atoms with Crippen LogP contribution < -0.4 is 0 Å². The zero-order valence-corrected chi connectivity index (χ0v) is 24.7. The highest BCUT2D eigenvalue weighted by Crippen LogP contribution is 2.17. The predicted molar refractivity (Wildman–Crippen MR) is 144 cm³/mol. The van der Waals surface area contributed by atoms with Crippen molar-refractivity contribution >= 4 is 26.0 Å². The van der Waals surface area contributed by atoms with Crippen molar-refractivity contribution in [3.05, 3.63) is 0 Å². The first-order valence-electron chi connectivity index (χ1n) is 13.4. The average Bonchev–Trinajstić information content (AvgIpc) is 3.27. The summed E-state index contributed by atoms with van der Waals surface area (Å²) in [7, 11) is 5.31. The molecular weight excluding hydrogens is 511 g/mol. The van der Waals surface area contributed by atoms with Gasteiger partial charge in [-0.3, -0.25) is 0 Å². The van der Waals surface area contributed by atoms with Crippen molar-refractivity contribution in [2.45, 2.75) is 110 Å². The molecule has 3 rings (SSSR count). The largest absolute Gasteiger partial charge is 0.479 e. The van der Waals surface area contributed by atoms with E-state index in [9.17, 15) is 14.4 Å². The van der Waals surface area contributed by atoms with Crippen LogP contribution in [0.5, 0.6) is 0 Å². The molecule has 0 aliphatic carbocycles. The number of carboxylic acid groups (broad SMARTS) is 1. The Kier molecular flexibility index (Phi) is 14.0. The number of carbonyl (C=O) groups excluding carboxylic acids is 2. The topological polar surface area (TPSA) is 144 Å². The van der Waals surface area contributed by atoms with E-state index in [0.717, 1.165) is 19.4 Å². The Hall–Kier alpha value is -2.09. The molecule has 224 valence electrons. The lowest BCUT2D eigenvalue weighted by Gasteiger charge is -2.36. The van der Waals surface area contributed by atoms with Crippen LogP contribution in [0.1, 0.15) is 68.2 Å². The third-order valence-corrected chi connectivity index (χ3v) is 5.33. The van der Waals surface area contributed by atoms with Crippen LogP contribution in [0.3, 0.4) is 0 Å². The monoisotopic (exact) mass is 558 g/mol. The number of aliphatic hydroxyl groups excluding tert-OH is 1. The van der Waals surface area contributed by atoms with Crippen LogP contribution in [0.4, 0.5) is 9.59 Å². The van der Waals surface area contributed by atoms with Gasteiger partial charge >= 0.3 is 18.2 Å². The molecule has 3 heterocycles. The normalized spacial score (nSPS) is 27.4. The van der Waals surface area contributed by atoms with Gasteiger partial charge in [0.25, 0.3) is 0 Å². The fraction of sp³-hybridized carbons (Fsp3) is 0.885. The van der Waals surface area contributed by atoms with Crippen LogP contribution >= 0.6 is 0 Å². The molecule has 0 aromatic carbocycles. The van der Waals surface area contributed by atoms with E-state index in [2.05, 4.69) is 0 Å². The SMILES string of the molecule is C[C@H]1CN(C(=O)OC(C)(C)C)C[C@@H](C(=O)O)O1.C[C@H]1CN(C(=O)OC(C)(C)C)C[C@@H](CO)O1.[B]C1CCCO1. The van der Waals surface area contributed by atoms with Crippen LogP contribution in [-0.4, -0.2) is 127 Å². The van der Waals surface area contributed by atoms with Crippen molar-refractivity contribution in [3.8, 4) is 0 Å². The Balaban J connectivity index is 0.000000322. The summed E-state index contributed by atoms with van der Waals surface area (Å²) in [6.45, 7) is 16.4. The molecule has 0 saturated carbocycles. The number of nitrogens with zero attached hydrogens (tertiary/aromatic N) is 2. The van der Waals surface area contributed by atoms with Crippen LogP contribution in [-0.2, 0) is 28.5 Å². The van der Waals surface area contributed by atoms with Crippen molar-refractivity contribution < 1.29 is 48.3 Å². The second-order valence-corrected chi connectivity index (χ2v) is 11.8. The second-order valence-electron chi connectivity index (χ2n) is 11.8. The second kappa shape index (κ2) is 15.6. The summed E-state index contributed by atoms with van der Waals surface area (Å²) in [6.07, 6.45) is -0.334. The fourth-order valence-electron chi connectivity index (χ4n) is 3.79. The van der Waals surface area contributed by atoms with E-state index in [1.54, 1.807) is 32.6 Å². The molecule has 39 heavy (non-hydrogen) atoms. The maximum Gasteiger partial charge on any atom is 0.410 e. The zero-order valence-electron chi connectivity index (χ0n) is 24.7. The first-order chi connectivity index (χ1) is 17.9. The highest BCUT2D eigenvalue weighted by Gasteiger charge is 2.35. The number of morpholine rings is 2. The number of hydrogen-bond acceptors (Lipinski definition) is 9. The molecule has 13 heteroatoms. The van der Waals surface area contributed by atoms with Gasteiger partial charge in [0.15, 0.2) is 6.10 Å². The van der Waals surface area contributed by atoms with Gasteiger partial charge in [-0.1, -0.05) is 0 Å². The minimum absolute atomic E-state index is 0.0224. The number of carbonyl (C=O) groups is 3. The molecule has 2 radical (unpaired) electrons. The lowest BCUT2D eigenvalue weighted by molar-refractivity contribution is -0.161. The maximum atomic E-state index is 11.8. The van der Waals surface area contributed by atoms with Gasteiger partial charge in [-0.05, 0) is 68.2 Å². The van der Waals surface area contributed by atoms with Gasteiger partial charge in [-0.25, -0.2) is 14.4 Å². The number of aliphatic carboxylic acids is 1. The molecule has 0 bridgehead atoms. The number of carboxylic acids is 1. The van der Waals surface area contributed by atoms with E-state index in [-0.39, 0.29) is 43.6 Å². The molecule has 3 saturated heterocycles. The molecule has 0 spiro atoms. The van der Waals surface area contributed by atoms with Gasteiger partial charge in [0.2, 0.25) is 0 Å². The predicted octanol–water partition coefficient (Wildman–Crippen LogP) is 2.39. The smallest absolute Gasteiger partial charge is 0.410 e. The number of rotatable bonds is 2. The molecule has 12 nitrogen and oxygen atoms in total. The van der Waals surface area contributed by atoms with Crippen molar-refractivity contribution in [2.75, 3.05) is 39.4 Å². The number of ether oxygens (including phenoxy) is 5. The lowest BCUT2D eigenvalue weighted by Crippen LogP contribution is -2.52. The minimum Gasteiger partial charge on any atom is -0.479 e. The van der Waals surface area contributed by atoms with E-state index in [0.29, 0.717) is 19.6 Å². The number of amides is 2. The molecule has 0 aromatic rings. The summed E-state index contributed by atoms with van der Waals surface area (Å²) in [5, 5.41) is 17.9. The molecular formula is C26H47BN2O10. The fourth-order valence-corrected chi connectivity index (χ4v) is 3.79. The molecule has 3 aliphatic rings. The van der Waals surface area contributed by atoms with Crippen LogP contribution in [0, 0.1) is 0 Å². The van der Waals surface area contributed by atoms with Crippen molar-refractivity contribution in [1.82, 2.24) is 9.80 Å². The maximum absolute atomic E-state index is 11.8. The molecule has 1 unspecified atom stereocenters. The number of aliphatic hydroxyl groups is 1. The highest BCUT2D eigenvalue weighted by molar-refractivity contribution is 6.11. The van der Waals surface area contributed by atoms with Gasteiger partial charge < -0.3 is 43.7 Å². The van der Waals surface area contributed by atoms with Crippen molar-refractivity contribution in [2.24, 2.45) is 0 Å². The van der Waals surface area contributed by atoms with Crippen molar-refractivity contribution in [3.63, 3.8) is 0 Å². The van der Waals surface area contributed by atoms with E-state index in [1.165, 1.54) is 4.90 Å². The molecule has 3 aliphatic heterocycles. The third-order valence-electron chi connectivity index (χ3n) is 5.33. The summed E-state index contributed by atoms with van der Waals surface area (Å²) in [5.74, 6) is -1.06. The summed E-state index contributed by atoms with van der Waals surface area (Å²) in [4.78, 5) is 37.4. The molecule has 5 atom stereocenters.